The summed E-state index contributed by atoms with van der Waals surface area (Å²) >= 11 is 5.95. The van der Waals surface area contributed by atoms with Crippen molar-refractivity contribution in [1.82, 2.24) is 0 Å². The zero-order valence-corrected chi connectivity index (χ0v) is 7.01. The van der Waals surface area contributed by atoms with Crippen LogP contribution in [0.25, 0.3) is 0 Å². The van der Waals surface area contributed by atoms with Gasteiger partial charge < -0.3 is 5.73 Å². The van der Waals surface area contributed by atoms with Gasteiger partial charge in [0.05, 0.1) is 0 Å². The van der Waals surface area contributed by atoms with Crippen molar-refractivity contribution in [1.29, 1.82) is 0 Å². The second-order valence-corrected chi connectivity index (χ2v) is 3.29. The highest BCUT2D eigenvalue weighted by molar-refractivity contribution is 6.36. The van der Waals surface area contributed by atoms with Crippen molar-refractivity contribution in [2.75, 3.05) is 0 Å². The molecule has 0 aromatic heterocycles. The zero-order valence-electron chi connectivity index (χ0n) is 6.25. The maximum atomic E-state index is 10.9. The van der Waals surface area contributed by atoms with Gasteiger partial charge in [-0.05, 0) is 0 Å². The van der Waals surface area contributed by atoms with E-state index in [0.717, 1.165) is 0 Å². The van der Waals surface area contributed by atoms with Crippen molar-refractivity contribution >= 4 is 17.5 Å². The van der Waals surface area contributed by atoms with Crippen LogP contribution in [0.5, 0.6) is 0 Å². The monoisotopic (exact) mass is 171 g/mol. The van der Waals surface area contributed by atoms with Gasteiger partial charge in [-0.25, -0.2) is 0 Å². The first kappa shape index (κ1) is 8.34. The first-order valence-corrected chi connectivity index (χ1v) is 3.80. The van der Waals surface area contributed by atoms with Gasteiger partial charge in [-0.1, -0.05) is 31.2 Å². The van der Waals surface area contributed by atoms with Gasteiger partial charge in [-0.3, -0.25) is 4.79 Å². The molecule has 0 fully saturated rings. The summed E-state index contributed by atoms with van der Waals surface area (Å²) in [5.41, 5.74) is 5.14. The number of hydrogen-bond acceptors (Lipinski definition) is 1. The average molecular weight is 172 g/mol. The standard InChI is InChI=1S/C8H10ClNO/c1-6-4-2-3-5-8(6,9)7(10)11/h2-6H,1H3,(H2,10,11). The predicted octanol–water partition coefficient (Wildman–Crippen LogP) is 1.21. The number of halogens is 1. The molecule has 3 heteroatoms. The number of rotatable bonds is 1. The molecule has 0 radical (unpaired) electrons. The Bertz CT molecular complexity index is 234. The lowest BCUT2D eigenvalue weighted by Crippen LogP contribution is -2.42. The highest BCUT2D eigenvalue weighted by Gasteiger charge is 2.36. The molecule has 0 spiro atoms. The average Bonchev–Trinajstić information content (AvgIpc) is 1.95. The molecule has 11 heavy (non-hydrogen) atoms. The number of hydrogen-bond donors (Lipinski definition) is 1. The summed E-state index contributed by atoms with van der Waals surface area (Å²) < 4.78 is 0. The fourth-order valence-electron chi connectivity index (χ4n) is 1.02. The predicted molar refractivity (Wildman–Crippen MR) is 45.2 cm³/mol. The van der Waals surface area contributed by atoms with Crippen LogP contribution in [0, 0.1) is 5.92 Å². The Morgan fingerprint density at radius 1 is 1.64 bits per heavy atom. The number of nitrogens with two attached hydrogens (primary N) is 1. The minimum Gasteiger partial charge on any atom is -0.368 e. The van der Waals surface area contributed by atoms with Crippen LogP contribution in [0.4, 0.5) is 0 Å². The van der Waals surface area contributed by atoms with Gasteiger partial charge in [0.15, 0.2) is 0 Å². The third-order valence-electron chi connectivity index (χ3n) is 1.89. The Balaban J connectivity index is 2.94. The number of carbonyl (C=O) groups excluding carboxylic acids is 1. The summed E-state index contributed by atoms with van der Waals surface area (Å²) in [5, 5.41) is 0. The maximum absolute atomic E-state index is 10.9. The Labute approximate surface area is 70.7 Å². The second-order valence-electron chi connectivity index (χ2n) is 2.66. The normalized spacial score (nSPS) is 35.6. The maximum Gasteiger partial charge on any atom is 0.243 e. The summed E-state index contributed by atoms with van der Waals surface area (Å²) in [7, 11) is 0. The van der Waals surface area contributed by atoms with E-state index in [-0.39, 0.29) is 5.92 Å². The molecular formula is C8H10ClNO. The third-order valence-corrected chi connectivity index (χ3v) is 2.55. The Hall–Kier alpha value is -0.760. The molecule has 1 amide bonds. The lowest BCUT2D eigenvalue weighted by molar-refractivity contribution is -0.120. The van der Waals surface area contributed by atoms with Gasteiger partial charge in [0.25, 0.3) is 0 Å². The number of alkyl halides is 1. The zero-order chi connectivity index (χ0) is 8.48. The second kappa shape index (κ2) is 2.70. The molecule has 2 N–H and O–H groups in total. The molecule has 0 saturated heterocycles. The molecule has 0 bridgehead atoms. The van der Waals surface area contributed by atoms with E-state index in [1.807, 2.05) is 19.1 Å². The minimum atomic E-state index is -1.02. The fraction of sp³-hybridized carbons (Fsp3) is 0.375. The van der Waals surface area contributed by atoms with Gasteiger partial charge in [-0.15, -0.1) is 11.6 Å². The van der Waals surface area contributed by atoms with Gasteiger partial charge >= 0.3 is 0 Å². The summed E-state index contributed by atoms with van der Waals surface area (Å²) in [4.78, 5) is 9.87. The quantitative estimate of drug-likeness (QED) is 0.593. The van der Waals surface area contributed by atoms with Crippen LogP contribution in [0.2, 0.25) is 0 Å². The summed E-state index contributed by atoms with van der Waals surface area (Å²) in [5.74, 6) is -0.529. The van der Waals surface area contributed by atoms with Crippen LogP contribution < -0.4 is 5.73 Å². The summed E-state index contributed by atoms with van der Waals surface area (Å²) in [6.07, 6.45) is 7.07. The summed E-state index contributed by atoms with van der Waals surface area (Å²) in [6, 6.07) is 0. The van der Waals surface area contributed by atoms with E-state index in [9.17, 15) is 4.79 Å². The molecule has 0 heterocycles. The number of amides is 1. The van der Waals surface area contributed by atoms with Crippen LogP contribution >= 0.6 is 11.6 Å². The first-order chi connectivity index (χ1) is 5.07. The van der Waals surface area contributed by atoms with Crippen LogP contribution in [0.3, 0.4) is 0 Å². The Kier molecular flexibility index (Phi) is 2.05. The minimum absolute atomic E-state index is 0.0355. The number of allylic oxidation sites excluding steroid dienone is 3. The van der Waals surface area contributed by atoms with E-state index in [0.29, 0.717) is 0 Å². The van der Waals surface area contributed by atoms with Gasteiger partial charge in [0.1, 0.15) is 4.87 Å². The molecule has 0 saturated carbocycles. The molecule has 0 aromatic rings. The SMILES string of the molecule is CC1C=CC=CC1(Cl)C(N)=O. The molecular weight excluding hydrogens is 162 g/mol. The largest absolute Gasteiger partial charge is 0.368 e. The van der Waals surface area contributed by atoms with Crippen LogP contribution in [-0.4, -0.2) is 10.8 Å². The van der Waals surface area contributed by atoms with E-state index >= 15 is 0 Å². The van der Waals surface area contributed by atoms with Crippen molar-refractivity contribution in [2.45, 2.75) is 11.8 Å². The van der Waals surface area contributed by atoms with Crippen LogP contribution in [-0.2, 0) is 4.79 Å². The van der Waals surface area contributed by atoms with Crippen molar-refractivity contribution in [3.05, 3.63) is 24.3 Å². The lowest BCUT2D eigenvalue weighted by Gasteiger charge is -2.26. The van der Waals surface area contributed by atoms with E-state index in [4.69, 9.17) is 17.3 Å². The molecule has 2 nitrogen and oxygen atoms in total. The highest BCUT2D eigenvalue weighted by Crippen LogP contribution is 2.30. The first-order valence-electron chi connectivity index (χ1n) is 3.42. The molecule has 0 aliphatic heterocycles. The van der Waals surface area contributed by atoms with E-state index < -0.39 is 10.8 Å². The topological polar surface area (TPSA) is 43.1 Å². The van der Waals surface area contributed by atoms with Crippen molar-refractivity contribution in [3.63, 3.8) is 0 Å². The highest BCUT2D eigenvalue weighted by atomic mass is 35.5. The third kappa shape index (κ3) is 1.31. The van der Waals surface area contributed by atoms with Crippen molar-refractivity contribution < 1.29 is 4.79 Å². The Morgan fingerprint density at radius 3 is 2.64 bits per heavy atom. The fourth-order valence-corrected chi connectivity index (χ4v) is 1.17. The van der Waals surface area contributed by atoms with Crippen LogP contribution in [0.15, 0.2) is 24.3 Å². The lowest BCUT2D eigenvalue weighted by atomic mass is 9.88. The van der Waals surface area contributed by atoms with Crippen LogP contribution in [0.1, 0.15) is 6.92 Å². The van der Waals surface area contributed by atoms with Gasteiger partial charge in [0, 0.05) is 5.92 Å². The smallest absolute Gasteiger partial charge is 0.243 e. The van der Waals surface area contributed by atoms with E-state index in [2.05, 4.69) is 0 Å². The molecule has 1 rings (SSSR count). The molecule has 1 aliphatic carbocycles. The van der Waals surface area contributed by atoms with Gasteiger partial charge in [0.2, 0.25) is 5.91 Å². The number of carbonyl (C=O) groups is 1. The molecule has 2 unspecified atom stereocenters. The van der Waals surface area contributed by atoms with Gasteiger partial charge in [-0.2, -0.15) is 0 Å². The molecule has 0 aromatic carbocycles. The molecule has 60 valence electrons. The molecule has 1 aliphatic rings. The van der Waals surface area contributed by atoms with E-state index in [1.54, 1.807) is 12.2 Å². The summed E-state index contributed by atoms with van der Waals surface area (Å²) in [6.45, 7) is 1.86. The Morgan fingerprint density at radius 2 is 2.27 bits per heavy atom. The number of primary amides is 1. The van der Waals surface area contributed by atoms with Crippen molar-refractivity contribution in [3.8, 4) is 0 Å². The van der Waals surface area contributed by atoms with Crippen molar-refractivity contribution in [2.24, 2.45) is 11.7 Å². The van der Waals surface area contributed by atoms with E-state index in [1.165, 1.54) is 0 Å². The molecule has 2 atom stereocenters.